The number of pyridine rings is 1. The molecule has 1 aromatic heterocycles. The molecule has 1 fully saturated rings. The lowest BCUT2D eigenvalue weighted by atomic mass is 9.84. The molecule has 0 saturated carbocycles. The summed E-state index contributed by atoms with van der Waals surface area (Å²) in [5, 5.41) is 19.8. The van der Waals surface area contributed by atoms with Crippen molar-refractivity contribution < 1.29 is 9.94 Å². The lowest BCUT2D eigenvalue weighted by Gasteiger charge is -2.46. The minimum Gasteiger partial charge on any atom is -0.481 e. The fraction of sp³-hybridized carbons (Fsp3) is 0.368. The van der Waals surface area contributed by atoms with Crippen LogP contribution in [0.4, 0.5) is 11.4 Å². The molecule has 0 aliphatic carbocycles. The summed E-state index contributed by atoms with van der Waals surface area (Å²) in [6, 6.07) is 9.40. The monoisotopic (exact) mass is 387 g/mol. The van der Waals surface area contributed by atoms with Crippen LogP contribution in [0.2, 0.25) is 5.02 Å². The van der Waals surface area contributed by atoms with Crippen molar-refractivity contribution >= 4 is 28.8 Å². The Morgan fingerprint density at radius 3 is 2.89 bits per heavy atom. The molecule has 1 aromatic carbocycles. The Labute approximate surface area is 163 Å². The van der Waals surface area contributed by atoms with Gasteiger partial charge in [-0.1, -0.05) is 23.7 Å². The molecule has 7 nitrogen and oxygen atoms in total. The molecule has 8 heteroatoms. The van der Waals surface area contributed by atoms with Crippen LogP contribution in [0.15, 0.2) is 41.5 Å². The number of anilines is 2. The highest BCUT2D eigenvalue weighted by Gasteiger charge is 2.44. The van der Waals surface area contributed by atoms with Crippen molar-refractivity contribution in [2.24, 2.45) is 4.99 Å². The number of nitrogens with zero attached hydrogens (tertiary/aromatic N) is 3. The topological polar surface area (TPSA) is 82.0 Å². The van der Waals surface area contributed by atoms with Gasteiger partial charge in [-0.05, 0) is 43.6 Å². The second-order valence-electron chi connectivity index (χ2n) is 6.78. The summed E-state index contributed by atoms with van der Waals surface area (Å²) in [6.07, 6.45) is 3.20. The fourth-order valence-corrected chi connectivity index (χ4v) is 3.87. The van der Waals surface area contributed by atoms with Crippen molar-refractivity contribution in [3.05, 3.63) is 47.1 Å². The molecular weight excluding hydrogens is 366 g/mol. The number of piperidine rings is 1. The number of hydroxylamine groups is 1. The maximum Gasteiger partial charge on any atom is 0.215 e. The molecule has 0 amide bonds. The number of hydrogen-bond donors (Lipinski definition) is 3. The highest BCUT2D eigenvalue weighted by molar-refractivity contribution is 6.30. The average molecular weight is 388 g/mol. The highest BCUT2D eigenvalue weighted by atomic mass is 35.5. The SMILES string of the molecule is COc1cc2c(cn1)N(O)C(=NCc1cccc(Cl)c1)C1(CCNCC1)N2. The van der Waals surface area contributed by atoms with Crippen molar-refractivity contribution in [2.75, 3.05) is 30.6 Å². The lowest BCUT2D eigenvalue weighted by Crippen LogP contribution is -2.61. The van der Waals surface area contributed by atoms with Crippen molar-refractivity contribution in [1.29, 1.82) is 0 Å². The second-order valence-corrected chi connectivity index (χ2v) is 7.22. The molecule has 27 heavy (non-hydrogen) atoms. The van der Waals surface area contributed by atoms with E-state index in [1.165, 1.54) is 0 Å². The zero-order valence-electron chi connectivity index (χ0n) is 15.1. The fourth-order valence-electron chi connectivity index (χ4n) is 3.66. The van der Waals surface area contributed by atoms with Crippen LogP contribution in [0.3, 0.4) is 0 Å². The average Bonchev–Trinajstić information content (AvgIpc) is 2.68. The van der Waals surface area contributed by atoms with E-state index in [2.05, 4.69) is 15.6 Å². The first-order valence-electron chi connectivity index (χ1n) is 8.93. The Morgan fingerprint density at radius 2 is 2.15 bits per heavy atom. The molecule has 0 radical (unpaired) electrons. The molecule has 2 aliphatic rings. The molecule has 2 aromatic rings. The number of ether oxygens (including phenoxy) is 1. The van der Waals surface area contributed by atoms with Gasteiger partial charge in [0.15, 0.2) is 5.84 Å². The summed E-state index contributed by atoms with van der Waals surface area (Å²) in [5.74, 6) is 1.10. The summed E-state index contributed by atoms with van der Waals surface area (Å²) >= 11 is 6.08. The van der Waals surface area contributed by atoms with Crippen LogP contribution in [0.1, 0.15) is 18.4 Å². The van der Waals surface area contributed by atoms with Crippen LogP contribution >= 0.6 is 11.6 Å². The van der Waals surface area contributed by atoms with E-state index in [4.69, 9.17) is 21.3 Å². The standard InChI is InChI=1S/C19H22ClN5O2/c1-27-17-10-15-16(12-22-17)25(26)18(19(24-15)5-7-21-8-6-19)23-11-13-3-2-4-14(20)9-13/h2-4,9-10,12,21,24,26H,5-8,11H2,1H3. The molecule has 0 bridgehead atoms. The number of aliphatic imine (C=N–C) groups is 1. The first-order valence-corrected chi connectivity index (χ1v) is 9.30. The van der Waals surface area contributed by atoms with Crippen molar-refractivity contribution in [3.8, 4) is 5.88 Å². The molecule has 1 spiro atoms. The lowest BCUT2D eigenvalue weighted by molar-refractivity contribution is 0.288. The predicted octanol–water partition coefficient (Wildman–Crippen LogP) is 3.09. The Bertz CT molecular complexity index is 867. The van der Waals surface area contributed by atoms with E-state index in [-0.39, 0.29) is 0 Å². The van der Waals surface area contributed by atoms with E-state index in [0.29, 0.717) is 29.0 Å². The number of nitrogens with one attached hydrogen (secondary N) is 2. The van der Waals surface area contributed by atoms with Gasteiger partial charge in [-0.15, -0.1) is 0 Å². The zero-order chi connectivity index (χ0) is 18.9. The molecule has 142 valence electrons. The molecule has 4 rings (SSSR count). The maximum atomic E-state index is 11.0. The normalized spacial score (nSPS) is 19.7. The molecule has 2 aliphatic heterocycles. The summed E-state index contributed by atoms with van der Waals surface area (Å²) in [4.78, 5) is 8.99. The van der Waals surface area contributed by atoms with Gasteiger partial charge in [-0.3, -0.25) is 10.2 Å². The van der Waals surface area contributed by atoms with E-state index in [1.54, 1.807) is 19.4 Å². The third kappa shape index (κ3) is 3.45. The van der Waals surface area contributed by atoms with Gasteiger partial charge in [-0.2, -0.15) is 0 Å². The van der Waals surface area contributed by atoms with Gasteiger partial charge < -0.3 is 15.4 Å². The van der Waals surface area contributed by atoms with E-state index < -0.39 is 5.54 Å². The minimum absolute atomic E-state index is 0.433. The van der Waals surface area contributed by atoms with Crippen molar-refractivity contribution in [3.63, 3.8) is 0 Å². The van der Waals surface area contributed by atoms with Crippen LogP contribution in [-0.4, -0.2) is 41.8 Å². The van der Waals surface area contributed by atoms with Crippen LogP contribution in [0, 0.1) is 0 Å². The molecule has 1 saturated heterocycles. The summed E-state index contributed by atoms with van der Waals surface area (Å²) < 4.78 is 5.23. The number of fused-ring (bicyclic) bond motifs is 1. The Morgan fingerprint density at radius 1 is 1.33 bits per heavy atom. The summed E-state index contributed by atoms with van der Waals surface area (Å²) in [7, 11) is 1.58. The quantitative estimate of drug-likeness (QED) is 0.750. The van der Waals surface area contributed by atoms with Gasteiger partial charge in [0.2, 0.25) is 5.88 Å². The van der Waals surface area contributed by atoms with Gasteiger partial charge in [0.05, 0.1) is 31.1 Å². The number of rotatable bonds is 3. The largest absolute Gasteiger partial charge is 0.481 e. The van der Waals surface area contributed by atoms with Crippen molar-refractivity contribution in [1.82, 2.24) is 10.3 Å². The smallest absolute Gasteiger partial charge is 0.215 e. The van der Waals surface area contributed by atoms with Gasteiger partial charge in [-0.25, -0.2) is 10.0 Å². The van der Waals surface area contributed by atoms with Crippen LogP contribution in [0.25, 0.3) is 0 Å². The molecule has 3 N–H and O–H groups in total. The minimum atomic E-state index is -0.446. The molecular formula is C19H22ClN5O2. The van der Waals surface area contributed by atoms with Gasteiger partial charge in [0.1, 0.15) is 5.69 Å². The number of halogens is 1. The Hall–Kier alpha value is -2.35. The third-order valence-corrected chi connectivity index (χ3v) is 5.29. The van der Waals surface area contributed by atoms with Crippen LogP contribution in [0.5, 0.6) is 5.88 Å². The first-order chi connectivity index (χ1) is 13.1. The number of benzene rings is 1. The first kappa shape index (κ1) is 18.0. The predicted molar refractivity (Wildman–Crippen MR) is 106 cm³/mol. The van der Waals surface area contributed by atoms with E-state index in [9.17, 15) is 5.21 Å². The Kier molecular flexibility index (Phi) is 4.90. The van der Waals surface area contributed by atoms with E-state index in [0.717, 1.165) is 42.2 Å². The molecule has 3 heterocycles. The molecule has 0 unspecified atom stereocenters. The second kappa shape index (κ2) is 7.34. The van der Waals surface area contributed by atoms with Gasteiger partial charge in [0, 0.05) is 11.1 Å². The van der Waals surface area contributed by atoms with Gasteiger partial charge >= 0.3 is 0 Å². The Balaban J connectivity index is 1.73. The summed E-state index contributed by atoms with van der Waals surface area (Å²) in [5.41, 5.74) is 1.89. The maximum absolute atomic E-state index is 11.0. The van der Waals surface area contributed by atoms with Gasteiger partial charge in [0.25, 0.3) is 0 Å². The van der Waals surface area contributed by atoms with E-state index >= 15 is 0 Å². The number of methoxy groups -OCH3 is 1. The highest BCUT2D eigenvalue weighted by Crippen LogP contribution is 2.40. The zero-order valence-corrected chi connectivity index (χ0v) is 15.8. The van der Waals surface area contributed by atoms with Crippen LogP contribution in [-0.2, 0) is 6.54 Å². The third-order valence-electron chi connectivity index (χ3n) is 5.06. The van der Waals surface area contributed by atoms with E-state index in [1.807, 2.05) is 24.3 Å². The molecule has 0 atom stereocenters. The summed E-state index contributed by atoms with van der Waals surface area (Å²) in [6.45, 7) is 2.12. The number of hydrogen-bond acceptors (Lipinski definition) is 6. The number of amidine groups is 1. The van der Waals surface area contributed by atoms with Crippen LogP contribution < -0.4 is 20.4 Å². The van der Waals surface area contributed by atoms with Crippen molar-refractivity contribution in [2.45, 2.75) is 24.9 Å². The number of aromatic nitrogens is 1.